The number of carboxylic acids is 1. The van der Waals surface area contributed by atoms with E-state index in [9.17, 15) is 9.59 Å². The van der Waals surface area contributed by atoms with Crippen LogP contribution in [0.3, 0.4) is 0 Å². The molecule has 0 aromatic heterocycles. The fourth-order valence-corrected chi connectivity index (χ4v) is 2.28. The van der Waals surface area contributed by atoms with Gasteiger partial charge >= 0.3 is 5.97 Å². The van der Waals surface area contributed by atoms with Gasteiger partial charge in [0, 0.05) is 13.0 Å². The molecule has 0 saturated carbocycles. The van der Waals surface area contributed by atoms with Gasteiger partial charge < -0.3 is 15.5 Å². The summed E-state index contributed by atoms with van der Waals surface area (Å²) in [6, 6.07) is 8.29. The summed E-state index contributed by atoms with van der Waals surface area (Å²) >= 11 is 0. The predicted molar refractivity (Wildman–Crippen MR) is 79.9 cm³/mol. The van der Waals surface area contributed by atoms with Crippen molar-refractivity contribution in [1.29, 1.82) is 0 Å². The van der Waals surface area contributed by atoms with Gasteiger partial charge in [0.1, 0.15) is 6.04 Å². The number of nitrogens with one attached hydrogen (secondary N) is 1. The zero-order valence-electron chi connectivity index (χ0n) is 12.5. The van der Waals surface area contributed by atoms with Crippen LogP contribution in [0.5, 0.6) is 0 Å². The first-order valence-corrected chi connectivity index (χ1v) is 7.20. The third-order valence-corrected chi connectivity index (χ3v) is 3.69. The molecule has 3 N–H and O–H groups in total. The summed E-state index contributed by atoms with van der Waals surface area (Å²) in [6.07, 6.45) is 0.813. The first-order valence-electron chi connectivity index (χ1n) is 7.20. The van der Waals surface area contributed by atoms with Gasteiger partial charge in [0.25, 0.3) is 0 Å². The molecule has 0 aliphatic carbocycles. The summed E-state index contributed by atoms with van der Waals surface area (Å²) in [7, 11) is 0. The molecule has 116 valence electrons. The molecule has 0 radical (unpaired) electrons. The minimum atomic E-state index is -1.13. The number of amides is 1. The fraction of sp³-hybridized carbons (Fsp3) is 0.500. The van der Waals surface area contributed by atoms with Gasteiger partial charge in [0.2, 0.25) is 5.91 Å². The third-order valence-electron chi connectivity index (χ3n) is 3.69. The number of hydrogen-bond donors (Lipinski definition) is 3. The maximum Gasteiger partial charge on any atom is 0.326 e. The smallest absolute Gasteiger partial charge is 0.326 e. The highest BCUT2D eigenvalue weighted by Gasteiger charge is 2.29. The molecule has 5 heteroatoms. The summed E-state index contributed by atoms with van der Waals surface area (Å²) in [5, 5.41) is 20.5. The minimum absolute atomic E-state index is 0.00306. The Bertz CT molecular complexity index is 461. The Morgan fingerprint density at radius 3 is 2.33 bits per heavy atom. The van der Waals surface area contributed by atoms with E-state index in [0.29, 0.717) is 0 Å². The lowest BCUT2D eigenvalue weighted by atomic mass is 9.84. The van der Waals surface area contributed by atoms with Crippen LogP contribution in [0.2, 0.25) is 0 Å². The van der Waals surface area contributed by atoms with Gasteiger partial charge in [-0.05, 0) is 11.5 Å². The van der Waals surface area contributed by atoms with Gasteiger partial charge in [-0.15, -0.1) is 0 Å². The van der Waals surface area contributed by atoms with Crippen LogP contribution in [0.15, 0.2) is 30.3 Å². The van der Waals surface area contributed by atoms with Gasteiger partial charge in [0.05, 0.1) is 5.92 Å². The molecule has 0 heterocycles. The Labute approximate surface area is 125 Å². The third kappa shape index (κ3) is 4.86. The zero-order chi connectivity index (χ0) is 15.8. The molecule has 2 unspecified atom stereocenters. The molecule has 0 fully saturated rings. The van der Waals surface area contributed by atoms with Gasteiger partial charge in [0.15, 0.2) is 0 Å². The van der Waals surface area contributed by atoms with E-state index in [1.165, 1.54) is 0 Å². The number of aliphatic carboxylic acids is 1. The number of carbonyl (C=O) groups is 2. The van der Waals surface area contributed by atoms with E-state index in [1.807, 2.05) is 44.2 Å². The molecule has 5 nitrogen and oxygen atoms in total. The van der Waals surface area contributed by atoms with E-state index in [4.69, 9.17) is 10.2 Å². The van der Waals surface area contributed by atoms with Crippen molar-refractivity contribution in [2.75, 3.05) is 6.61 Å². The number of rotatable bonds is 8. The Morgan fingerprint density at radius 1 is 1.24 bits per heavy atom. The van der Waals surface area contributed by atoms with Crippen molar-refractivity contribution in [3.05, 3.63) is 35.9 Å². The fourth-order valence-electron chi connectivity index (χ4n) is 2.28. The SMILES string of the molecule is CCC(C)C(C(=O)N[C@H](CCO)C(=O)O)c1ccccc1. The number of carboxylic acid groups (broad SMARTS) is 1. The Hall–Kier alpha value is -1.88. The number of aliphatic hydroxyl groups is 1. The van der Waals surface area contributed by atoms with Crippen LogP contribution in [0.4, 0.5) is 0 Å². The van der Waals surface area contributed by atoms with E-state index in [-0.39, 0.29) is 24.9 Å². The monoisotopic (exact) mass is 293 g/mol. The molecule has 3 atom stereocenters. The second-order valence-electron chi connectivity index (χ2n) is 5.19. The highest BCUT2D eigenvalue weighted by Crippen LogP contribution is 2.27. The second-order valence-corrected chi connectivity index (χ2v) is 5.19. The van der Waals surface area contributed by atoms with Gasteiger partial charge in [-0.1, -0.05) is 50.6 Å². The van der Waals surface area contributed by atoms with Crippen molar-refractivity contribution >= 4 is 11.9 Å². The van der Waals surface area contributed by atoms with E-state index in [1.54, 1.807) is 0 Å². The Morgan fingerprint density at radius 2 is 1.86 bits per heavy atom. The summed E-state index contributed by atoms with van der Waals surface area (Å²) in [5.74, 6) is -1.74. The van der Waals surface area contributed by atoms with E-state index >= 15 is 0 Å². The Kier molecular flexibility index (Phi) is 6.88. The van der Waals surface area contributed by atoms with Gasteiger partial charge in [-0.2, -0.15) is 0 Å². The first-order chi connectivity index (χ1) is 10.0. The maximum atomic E-state index is 12.5. The number of aliphatic hydroxyl groups excluding tert-OH is 1. The summed E-state index contributed by atoms with van der Waals surface area (Å²) in [4.78, 5) is 23.6. The molecule has 1 amide bonds. The Balaban J connectivity index is 2.93. The van der Waals surface area contributed by atoms with Gasteiger partial charge in [-0.3, -0.25) is 4.79 Å². The number of benzene rings is 1. The lowest BCUT2D eigenvalue weighted by molar-refractivity contribution is -0.142. The van der Waals surface area contributed by atoms with E-state index < -0.39 is 17.9 Å². The lowest BCUT2D eigenvalue weighted by Gasteiger charge is -2.24. The van der Waals surface area contributed by atoms with Crippen molar-refractivity contribution in [1.82, 2.24) is 5.32 Å². The molecule has 1 aromatic carbocycles. The van der Waals surface area contributed by atoms with Crippen LogP contribution in [0, 0.1) is 5.92 Å². The van der Waals surface area contributed by atoms with E-state index in [2.05, 4.69) is 5.32 Å². The molecule has 0 saturated heterocycles. The van der Waals surface area contributed by atoms with Crippen molar-refractivity contribution < 1.29 is 19.8 Å². The van der Waals surface area contributed by atoms with Crippen LogP contribution in [-0.2, 0) is 9.59 Å². The standard InChI is InChI=1S/C16H23NO4/c1-3-11(2)14(12-7-5-4-6-8-12)15(19)17-13(9-10-18)16(20)21/h4-8,11,13-14,18H,3,9-10H2,1-2H3,(H,17,19)(H,20,21)/t11?,13-,14?/m1/s1. The predicted octanol–water partition coefficient (Wildman–Crippen LogP) is 1.77. The molecule has 1 aromatic rings. The molecule has 0 bridgehead atoms. The average Bonchev–Trinajstić information content (AvgIpc) is 2.47. The normalized spacial score (nSPS) is 15.0. The summed E-state index contributed by atoms with van der Waals surface area (Å²) < 4.78 is 0. The molecule has 1 rings (SSSR count). The first kappa shape index (κ1) is 17.2. The maximum absolute atomic E-state index is 12.5. The highest BCUT2D eigenvalue weighted by atomic mass is 16.4. The van der Waals surface area contributed by atoms with Crippen LogP contribution < -0.4 is 5.32 Å². The topological polar surface area (TPSA) is 86.6 Å². The van der Waals surface area contributed by atoms with E-state index in [0.717, 1.165) is 12.0 Å². The number of carbonyl (C=O) groups excluding carboxylic acids is 1. The number of hydrogen-bond acceptors (Lipinski definition) is 3. The summed E-state index contributed by atoms with van der Waals surface area (Å²) in [6.45, 7) is 3.69. The van der Waals surface area contributed by atoms with Crippen molar-refractivity contribution in [3.8, 4) is 0 Å². The molecule has 0 aliphatic rings. The highest BCUT2D eigenvalue weighted by molar-refractivity contribution is 5.88. The van der Waals surface area contributed by atoms with Crippen LogP contribution in [0.25, 0.3) is 0 Å². The molecular weight excluding hydrogens is 270 g/mol. The van der Waals surface area contributed by atoms with Crippen molar-refractivity contribution in [3.63, 3.8) is 0 Å². The van der Waals surface area contributed by atoms with Gasteiger partial charge in [-0.25, -0.2) is 4.79 Å². The molecule has 0 spiro atoms. The zero-order valence-corrected chi connectivity index (χ0v) is 12.5. The van der Waals surface area contributed by atoms with Crippen LogP contribution in [0.1, 0.15) is 38.2 Å². The minimum Gasteiger partial charge on any atom is -0.480 e. The lowest BCUT2D eigenvalue weighted by Crippen LogP contribution is -2.44. The van der Waals surface area contributed by atoms with Crippen molar-refractivity contribution in [2.24, 2.45) is 5.92 Å². The molecule has 21 heavy (non-hydrogen) atoms. The van der Waals surface area contributed by atoms with Crippen molar-refractivity contribution in [2.45, 2.75) is 38.6 Å². The average molecular weight is 293 g/mol. The molecular formula is C16H23NO4. The van der Waals surface area contributed by atoms with Crippen LogP contribution >= 0.6 is 0 Å². The summed E-state index contributed by atoms with van der Waals surface area (Å²) in [5.41, 5.74) is 0.873. The second kappa shape index (κ2) is 8.42. The molecule has 0 aliphatic heterocycles. The van der Waals surface area contributed by atoms with Crippen LogP contribution in [-0.4, -0.2) is 34.7 Å². The quantitative estimate of drug-likeness (QED) is 0.681. The largest absolute Gasteiger partial charge is 0.480 e.